The van der Waals surface area contributed by atoms with Gasteiger partial charge in [0.25, 0.3) is 0 Å². The van der Waals surface area contributed by atoms with E-state index in [1.165, 1.54) is 19.3 Å². The van der Waals surface area contributed by atoms with Crippen LogP contribution < -0.4 is 5.32 Å². The van der Waals surface area contributed by atoms with Crippen LogP contribution in [0.4, 0.5) is 5.82 Å². The standard InChI is InChI=1S/C15H18N2O/c1-10(8-11-2-3-11)17-15-14-9-13(18)5-4-12(14)6-7-16-15/h4-7,9-11,18H,2-3,8H2,1H3,(H,16,17). The molecule has 1 aromatic carbocycles. The zero-order valence-corrected chi connectivity index (χ0v) is 10.6. The smallest absolute Gasteiger partial charge is 0.134 e. The summed E-state index contributed by atoms with van der Waals surface area (Å²) < 4.78 is 0. The number of hydrogen-bond acceptors (Lipinski definition) is 3. The van der Waals surface area contributed by atoms with E-state index in [9.17, 15) is 5.11 Å². The van der Waals surface area contributed by atoms with Gasteiger partial charge in [0, 0.05) is 17.6 Å². The Morgan fingerprint density at radius 3 is 3.00 bits per heavy atom. The molecule has 3 rings (SSSR count). The molecule has 0 saturated heterocycles. The second kappa shape index (κ2) is 4.48. The SMILES string of the molecule is CC(CC1CC1)Nc1nccc2ccc(O)cc12. The molecule has 1 aliphatic carbocycles. The summed E-state index contributed by atoms with van der Waals surface area (Å²) in [6, 6.07) is 7.79. The molecule has 94 valence electrons. The van der Waals surface area contributed by atoms with Gasteiger partial charge in [0.1, 0.15) is 11.6 Å². The number of pyridine rings is 1. The predicted octanol–water partition coefficient (Wildman–Crippen LogP) is 3.54. The molecule has 1 atom stereocenters. The maximum absolute atomic E-state index is 9.59. The molecule has 1 aromatic heterocycles. The van der Waals surface area contributed by atoms with Crippen LogP contribution in [0.1, 0.15) is 26.2 Å². The number of nitrogens with one attached hydrogen (secondary N) is 1. The summed E-state index contributed by atoms with van der Waals surface area (Å²) in [5.74, 6) is 2.06. The van der Waals surface area contributed by atoms with E-state index in [2.05, 4.69) is 17.2 Å². The summed E-state index contributed by atoms with van der Waals surface area (Å²) in [5, 5.41) is 15.1. The predicted molar refractivity (Wildman–Crippen MR) is 73.8 cm³/mol. The minimum atomic E-state index is 0.286. The molecule has 2 aromatic rings. The third-order valence-corrected chi connectivity index (χ3v) is 3.52. The van der Waals surface area contributed by atoms with Gasteiger partial charge >= 0.3 is 0 Å². The quantitative estimate of drug-likeness (QED) is 0.862. The average molecular weight is 242 g/mol. The first-order valence-electron chi connectivity index (χ1n) is 6.56. The number of phenolic OH excluding ortho intramolecular Hbond substituents is 1. The topological polar surface area (TPSA) is 45.2 Å². The highest BCUT2D eigenvalue weighted by molar-refractivity contribution is 5.92. The Kier molecular flexibility index (Phi) is 2.82. The van der Waals surface area contributed by atoms with Crippen LogP contribution >= 0.6 is 0 Å². The van der Waals surface area contributed by atoms with Gasteiger partial charge in [0.15, 0.2) is 0 Å². The number of aromatic nitrogens is 1. The lowest BCUT2D eigenvalue weighted by Crippen LogP contribution is -2.16. The van der Waals surface area contributed by atoms with Gasteiger partial charge in [0.05, 0.1) is 0 Å². The van der Waals surface area contributed by atoms with Crippen LogP contribution in [0.3, 0.4) is 0 Å². The van der Waals surface area contributed by atoms with Gasteiger partial charge in [-0.25, -0.2) is 4.98 Å². The lowest BCUT2D eigenvalue weighted by molar-refractivity contribution is 0.476. The number of benzene rings is 1. The molecule has 3 heteroatoms. The number of fused-ring (bicyclic) bond motifs is 1. The second-order valence-corrected chi connectivity index (χ2v) is 5.29. The highest BCUT2D eigenvalue weighted by Crippen LogP contribution is 2.34. The third-order valence-electron chi connectivity index (χ3n) is 3.52. The summed E-state index contributed by atoms with van der Waals surface area (Å²) in [7, 11) is 0. The van der Waals surface area contributed by atoms with Crippen molar-refractivity contribution < 1.29 is 5.11 Å². The van der Waals surface area contributed by atoms with E-state index in [1.807, 2.05) is 18.3 Å². The first kappa shape index (κ1) is 11.3. The minimum absolute atomic E-state index is 0.286. The van der Waals surface area contributed by atoms with E-state index in [0.717, 1.165) is 22.5 Å². The number of aromatic hydroxyl groups is 1. The highest BCUT2D eigenvalue weighted by atomic mass is 16.3. The van der Waals surface area contributed by atoms with Crippen LogP contribution in [0, 0.1) is 5.92 Å². The number of nitrogens with zero attached hydrogens (tertiary/aromatic N) is 1. The maximum atomic E-state index is 9.59. The molecule has 3 nitrogen and oxygen atoms in total. The third kappa shape index (κ3) is 2.40. The Morgan fingerprint density at radius 1 is 1.39 bits per heavy atom. The number of phenols is 1. The molecule has 1 heterocycles. The Labute approximate surface area is 107 Å². The van der Waals surface area contributed by atoms with Crippen molar-refractivity contribution in [3.8, 4) is 5.75 Å². The number of rotatable bonds is 4. The minimum Gasteiger partial charge on any atom is -0.508 e. The first-order chi connectivity index (χ1) is 8.72. The number of anilines is 1. The van der Waals surface area contributed by atoms with Gasteiger partial charge in [-0.15, -0.1) is 0 Å². The van der Waals surface area contributed by atoms with Crippen molar-refractivity contribution in [3.63, 3.8) is 0 Å². The van der Waals surface area contributed by atoms with E-state index in [0.29, 0.717) is 6.04 Å². The van der Waals surface area contributed by atoms with Gasteiger partial charge in [-0.2, -0.15) is 0 Å². The van der Waals surface area contributed by atoms with Crippen molar-refractivity contribution in [1.29, 1.82) is 0 Å². The van der Waals surface area contributed by atoms with E-state index in [-0.39, 0.29) is 5.75 Å². The van der Waals surface area contributed by atoms with E-state index in [1.54, 1.807) is 12.1 Å². The van der Waals surface area contributed by atoms with E-state index in [4.69, 9.17) is 0 Å². The Hall–Kier alpha value is -1.77. The fraction of sp³-hybridized carbons (Fsp3) is 0.400. The Balaban J connectivity index is 1.87. The maximum Gasteiger partial charge on any atom is 0.134 e. The van der Waals surface area contributed by atoms with Crippen LogP contribution in [0.15, 0.2) is 30.5 Å². The van der Waals surface area contributed by atoms with Crippen LogP contribution in [0.25, 0.3) is 10.8 Å². The molecular weight excluding hydrogens is 224 g/mol. The molecule has 1 aliphatic rings. The van der Waals surface area contributed by atoms with Crippen molar-refractivity contribution in [2.24, 2.45) is 5.92 Å². The van der Waals surface area contributed by atoms with E-state index < -0.39 is 0 Å². The van der Waals surface area contributed by atoms with Crippen LogP contribution in [0.5, 0.6) is 5.75 Å². The van der Waals surface area contributed by atoms with E-state index >= 15 is 0 Å². The van der Waals surface area contributed by atoms with Crippen molar-refractivity contribution in [1.82, 2.24) is 4.98 Å². The van der Waals surface area contributed by atoms with Crippen molar-refractivity contribution >= 4 is 16.6 Å². The molecule has 1 unspecified atom stereocenters. The molecule has 18 heavy (non-hydrogen) atoms. The van der Waals surface area contributed by atoms with Crippen LogP contribution in [0.2, 0.25) is 0 Å². The summed E-state index contributed by atoms with van der Waals surface area (Å²) in [4.78, 5) is 4.39. The average Bonchev–Trinajstić information content (AvgIpc) is 3.14. The Morgan fingerprint density at radius 2 is 2.22 bits per heavy atom. The fourth-order valence-electron chi connectivity index (χ4n) is 2.42. The summed E-state index contributed by atoms with van der Waals surface area (Å²) in [6.45, 7) is 2.20. The number of hydrogen-bond donors (Lipinski definition) is 2. The molecular formula is C15H18N2O. The Bertz CT molecular complexity index is 563. The second-order valence-electron chi connectivity index (χ2n) is 5.29. The van der Waals surface area contributed by atoms with Crippen LogP contribution in [-0.4, -0.2) is 16.1 Å². The van der Waals surface area contributed by atoms with Gasteiger partial charge < -0.3 is 10.4 Å². The lowest BCUT2D eigenvalue weighted by Gasteiger charge is -2.15. The zero-order chi connectivity index (χ0) is 12.5. The van der Waals surface area contributed by atoms with Crippen molar-refractivity contribution in [3.05, 3.63) is 30.5 Å². The normalized spacial score (nSPS) is 16.7. The molecule has 1 saturated carbocycles. The molecule has 0 aliphatic heterocycles. The molecule has 0 radical (unpaired) electrons. The monoisotopic (exact) mass is 242 g/mol. The highest BCUT2D eigenvalue weighted by Gasteiger charge is 2.23. The molecule has 0 amide bonds. The fourth-order valence-corrected chi connectivity index (χ4v) is 2.42. The summed E-state index contributed by atoms with van der Waals surface area (Å²) in [6.07, 6.45) is 5.76. The van der Waals surface area contributed by atoms with Crippen LogP contribution in [-0.2, 0) is 0 Å². The van der Waals surface area contributed by atoms with Gasteiger partial charge in [0.2, 0.25) is 0 Å². The largest absolute Gasteiger partial charge is 0.508 e. The molecule has 0 spiro atoms. The van der Waals surface area contributed by atoms with Crippen molar-refractivity contribution in [2.45, 2.75) is 32.2 Å². The van der Waals surface area contributed by atoms with Gasteiger partial charge in [-0.05, 0) is 42.8 Å². The molecule has 1 fully saturated rings. The molecule has 2 N–H and O–H groups in total. The lowest BCUT2D eigenvalue weighted by atomic mass is 10.1. The van der Waals surface area contributed by atoms with Gasteiger partial charge in [-0.1, -0.05) is 18.9 Å². The summed E-state index contributed by atoms with van der Waals surface area (Å²) >= 11 is 0. The first-order valence-corrected chi connectivity index (χ1v) is 6.56. The zero-order valence-electron chi connectivity index (χ0n) is 10.6. The van der Waals surface area contributed by atoms with Gasteiger partial charge in [-0.3, -0.25) is 0 Å². The van der Waals surface area contributed by atoms with Crippen molar-refractivity contribution in [2.75, 3.05) is 5.32 Å². The molecule has 0 bridgehead atoms. The summed E-state index contributed by atoms with van der Waals surface area (Å²) in [5.41, 5.74) is 0.